The molecule has 0 aliphatic rings. The zero-order chi connectivity index (χ0) is 16.2. The van der Waals surface area contributed by atoms with Gasteiger partial charge in [-0.05, 0) is 18.6 Å². The molecule has 0 aliphatic carbocycles. The van der Waals surface area contributed by atoms with Crippen molar-refractivity contribution in [3.05, 3.63) is 47.4 Å². The number of nitrogens with zero attached hydrogens (tertiary/aromatic N) is 2. The van der Waals surface area contributed by atoms with Gasteiger partial charge in [0.25, 0.3) is 0 Å². The van der Waals surface area contributed by atoms with Crippen molar-refractivity contribution in [2.24, 2.45) is 0 Å². The van der Waals surface area contributed by atoms with Gasteiger partial charge in [-0.2, -0.15) is 0 Å². The van der Waals surface area contributed by atoms with E-state index in [9.17, 15) is 4.79 Å². The van der Waals surface area contributed by atoms with Crippen LogP contribution in [0.2, 0.25) is 0 Å². The van der Waals surface area contributed by atoms with E-state index in [1.807, 2.05) is 19.1 Å². The maximum absolute atomic E-state index is 11.7. The Kier molecular flexibility index (Phi) is 4.80. The highest BCUT2D eigenvalue weighted by atomic mass is 16.3. The molecule has 2 aromatic heterocycles. The van der Waals surface area contributed by atoms with Crippen molar-refractivity contribution in [2.75, 3.05) is 0 Å². The SMILES string of the molecule is Cc1ccc(CNC(=O)NCc2nc(C(C)(C)C)co2)nc1. The Balaban J connectivity index is 1.78. The molecule has 2 heterocycles. The quantitative estimate of drug-likeness (QED) is 0.910. The average molecular weight is 302 g/mol. The zero-order valence-corrected chi connectivity index (χ0v) is 13.4. The minimum Gasteiger partial charge on any atom is -0.447 e. The number of oxazole rings is 1. The summed E-state index contributed by atoms with van der Waals surface area (Å²) < 4.78 is 5.35. The van der Waals surface area contributed by atoms with Crippen molar-refractivity contribution in [1.29, 1.82) is 0 Å². The first-order valence-corrected chi connectivity index (χ1v) is 7.23. The number of aryl methyl sites for hydroxylation is 1. The Morgan fingerprint density at radius 3 is 2.55 bits per heavy atom. The molecule has 0 atom stereocenters. The lowest BCUT2D eigenvalue weighted by Crippen LogP contribution is -2.34. The van der Waals surface area contributed by atoms with Crippen molar-refractivity contribution in [3.8, 4) is 0 Å². The molecule has 0 aliphatic heterocycles. The van der Waals surface area contributed by atoms with Crippen LogP contribution in [0.15, 0.2) is 29.0 Å². The third kappa shape index (κ3) is 4.58. The van der Waals surface area contributed by atoms with Crippen molar-refractivity contribution < 1.29 is 9.21 Å². The lowest BCUT2D eigenvalue weighted by molar-refractivity contribution is 0.238. The highest BCUT2D eigenvalue weighted by molar-refractivity contribution is 5.73. The second-order valence-corrected chi connectivity index (χ2v) is 6.24. The number of hydrogen-bond donors (Lipinski definition) is 2. The fourth-order valence-electron chi connectivity index (χ4n) is 1.73. The van der Waals surface area contributed by atoms with E-state index in [0.29, 0.717) is 12.4 Å². The molecule has 2 rings (SSSR count). The second kappa shape index (κ2) is 6.60. The summed E-state index contributed by atoms with van der Waals surface area (Å²) in [6.07, 6.45) is 3.40. The van der Waals surface area contributed by atoms with Gasteiger partial charge in [0.05, 0.1) is 24.5 Å². The molecular formula is C16H22N4O2. The lowest BCUT2D eigenvalue weighted by atomic mass is 9.93. The van der Waals surface area contributed by atoms with Crippen LogP contribution in [0.1, 0.15) is 43.6 Å². The molecule has 0 fully saturated rings. The number of nitrogens with one attached hydrogen (secondary N) is 2. The summed E-state index contributed by atoms with van der Waals surface area (Å²) in [5.74, 6) is 0.494. The first kappa shape index (κ1) is 16.0. The normalized spacial score (nSPS) is 11.3. The van der Waals surface area contributed by atoms with E-state index >= 15 is 0 Å². The van der Waals surface area contributed by atoms with Crippen molar-refractivity contribution in [2.45, 2.75) is 46.2 Å². The Morgan fingerprint density at radius 1 is 1.23 bits per heavy atom. The van der Waals surface area contributed by atoms with Crippen LogP contribution in [0, 0.1) is 6.92 Å². The van der Waals surface area contributed by atoms with Gasteiger partial charge in [-0.1, -0.05) is 26.8 Å². The summed E-state index contributed by atoms with van der Waals surface area (Å²) in [5.41, 5.74) is 2.70. The summed E-state index contributed by atoms with van der Waals surface area (Å²) in [6, 6.07) is 3.57. The van der Waals surface area contributed by atoms with Gasteiger partial charge in [-0.3, -0.25) is 4.98 Å². The summed E-state index contributed by atoms with van der Waals surface area (Å²) in [7, 11) is 0. The van der Waals surface area contributed by atoms with E-state index in [2.05, 4.69) is 41.4 Å². The molecule has 0 radical (unpaired) electrons. The van der Waals surface area contributed by atoms with Crippen LogP contribution in [-0.4, -0.2) is 16.0 Å². The largest absolute Gasteiger partial charge is 0.447 e. The summed E-state index contributed by atoms with van der Waals surface area (Å²) in [4.78, 5) is 20.3. The zero-order valence-electron chi connectivity index (χ0n) is 13.4. The van der Waals surface area contributed by atoms with E-state index in [1.165, 1.54) is 0 Å². The minimum atomic E-state index is -0.280. The van der Waals surface area contributed by atoms with Gasteiger partial charge < -0.3 is 15.1 Å². The Labute approximate surface area is 130 Å². The molecule has 0 saturated carbocycles. The molecule has 0 bridgehead atoms. The fraction of sp³-hybridized carbons (Fsp3) is 0.438. The first-order chi connectivity index (χ1) is 10.3. The van der Waals surface area contributed by atoms with Crippen LogP contribution in [0.5, 0.6) is 0 Å². The standard InChI is InChI=1S/C16H22N4O2/c1-11-5-6-12(17-7-11)8-18-15(21)19-9-14-20-13(10-22-14)16(2,3)4/h5-7,10H,8-9H2,1-4H3,(H2,18,19,21). The van der Waals surface area contributed by atoms with E-state index in [1.54, 1.807) is 12.5 Å². The topological polar surface area (TPSA) is 80.0 Å². The predicted octanol–water partition coefficient (Wildman–Crippen LogP) is 2.67. The molecule has 6 nitrogen and oxygen atoms in total. The van der Waals surface area contributed by atoms with Gasteiger partial charge in [0.15, 0.2) is 0 Å². The fourth-order valence-corrected chi connectivity index (χ4v) is 1.73. The lowest BCUT2D eigenvalue weighted by Gasteiger charge is -2.13. The highest BCUT2D eigenvalue weighted by Crippen LogP contribution is 2.20. The Morgan fingerprint density at radius 2 is 1.95 bits per heavy atom. The maximum Gasteiger partial charge on any atom is 0.315 e. The number of aromatic nitrogens is 2. The molecule has 6 heteroatoms. The second-order valence-electron chi connectivity index (χ2n) is 6.24. The first-order valence-electron chi connectivity index (χ1n) is 7.23. The van der Waals surface area contributed by atoms with E-state index < -0.39 is 0 Å². The van der Waals surface area contributed by atoms with Gasteiger partial charge in [0.1, 0.15) is 6.26 Å². The molecule has 0 spiro atoms. The monoisotopic (exact) mass is 302 g/mol. The molecule has 2 amide bonds. The predicted molar refractivity (Wildman–Crippen MR) is 83.3 cm³/mol. The van der Waals surface area contributed by atoms with Crippen molar-refractivity contribution >= 4 is 6.03 Å². The summed E-state index contributed by atoms with van der Waals surface area (Å²) in [5, 5.41) is 5.45. The molecule has 22 heavy (non-hydrogen) atoms. The molecule has 0 saturated heterocycles. The smallest absolute Gasteiger partial charge is 0.315 e. The van der Waals surface area contributed by atoms with Crippen LogP contribution >= 0.6 is 0 Å². The van der Waals surface area contributed by atoms with E-state index in [0.717, 1.165) is 17.0 Å². The van der Waals surface area contributed by atoms with Crippen LogP contribution in [0.4, 0.5) is 4.79 Å². The van der Waals surface area contributed by atoms with Gasteiger partial charge in [0.2, 0.25) is 5.89 Å². The number of carbonyl (C=O) groups excluding carboxylic acids is 1. The molecule has 2 N–H and O–H groups in total. The van der Waals surface area contributed by atoms with Crippen LogP contribution in [0.3, 0.4) is 0 Å². The maximum atomic E-state index is 11.7. The summed E-state index contributed by atoms with van der Waals surface area (Å²) in [6.45, 7) is 8.78. The van der Waals surface area contributed by atoms with Crippen LogP contribution in [-0.2, 0) is 18.5 Å². The van der Waals surface area contributed by atoms with Gasteiger partial charge in [-0.15, -0.1) is 0 Å². The number of amides is 2. The third-order valence-corrected chi connectivity index (χ3v) is 3.12. The number of pyridine rings is 1. The number of hydrogen-bond acceptors (Lipinski definition) is 4. The van der Waals surface area contributed by atoms with E-state index in [4.69, 9.17) is 4.42 Å². The molecule has 2 aromatic rings. The van der Waals surface area contributed by atoms with Crippen LogP contribution in [0.25, 0.3) is 0 Å². The molecule has 0 aromatic carbocycles. The molecule has 118 valence electrons. The van der Waals surface area contributed by atoms with Gasteiger partial charge in [-0.25, -0.2) is 9.78 Å². The third-order valence-electron chi connectivity index (χ3n) is 3.12. The number of urea groups is 1. The van der Waals surface area contributed by atoms with Crippen LogP contribution < -0.4 is 10.6 Å². The highest BCUT2D eigenvalue weighted by Gasteiger charge is 2.18. The Hall–Kier alpha value is -2.37. The van der Waals surface area contributed by atoms with Crippen molar-refractivity contribution in [1.82, 2.24) is 20.6 Å². The minimum absolute atomic E-state index is 0.0683. The number of rotatable bonds is 4. The van der Waals surface area contributed by atoms with E-state index in [-0.39, 0.29) is 18.0 Å². The molecule has 0 unspecified atom stereocenters. The van der Waals surface area contributed by atoms with Gasteiger partial charge in [0, 0.05) is 11.6 Å². The van der Waals surface area contributed by atoms with Crippen molar-refractivity contribution in [3.63, 3.8) is 0 Å². The average Bonchev–Trinajstić information content (AvgIpc) is 2.93. The molecular weight excluding hydrogens is 280 g/mol. The van der Waals surface area contributed by atoms with Gasteiger partial charge >= 0.3 is 6.03 Å². The summed E-state index contributed by atoms with van der Waals surface area (Å²) >= 11 is 0. The Bertz CT molecular complexity index is 626. The number of carbonyl (C=O) groups is 1.